The molecule has 0 saturated heterocycles. The van der Waals surface area contributed by atoms with Crippen molar-refractivity contribution < 1.29 is 4.74 Å². The molecule has 0 amide bonds. The number of aryl methyl sites for hydroxylation is 1. The molecule has 0 radical (unpaired) electrons. The maximum absolute atomic E-state index is 9.55. The van der Waals surface area contributed by atoms with E-state index in [0.717, 1.165) is 41.0 Å². The normalized spacial score (nSPS) is 10.3. The highest BCUT2D eigenvalue weighted by Gasteiger charge is 2.20. The zero-order valence-electron chi connectivity index (χ0n) is 13.3. The third kappa shape index (κ3) is 2.89. The van der Waals surface area contributed by atoms with Gasteiger partial charge >= 0.3 is 0 Å². The lowest BCUT2D eigenvalue weighted by Crippen LogP contribution is -2.06. The molecule has 1 aromatic heterocycles. The Morgan fingerprint density at radius 3 is 2.64 bits per heavy atom. The van der Waals surface area contributed by atoms with Crippen molar-refractivity contribution in [3.63, 3.8) is 0 Å². The monoisotopic (exact) mass is 295 g/mol. The van der Waals surface area contributed by atoms with Crippen molar-refractivity contribution in [3.05, 3.63) is 41.1 Å². The van der Waals surface area contributed by atoms with Crippen molar-refractivity contribution in [1.29, 1.82) is 5.26 Å². The number of nitrogens with two attached hydrogens (primary N) is 1. The minimum absolute atomic E-state index is 0.279. The molecule has 2 aromatic rings. The van der Waals surface area contributed by atoms with E-state index < -0.39 is 0 Å². The Balaban J connectivity index is 2.81. The number of hydrogen-bond acceptors (Lipinski definition) is 4. The van der Waals surface area contributed by atoms with Crippen LogP contribution in [0.1, 0.15) is 37.1 Å². The van der Waals surface area contributed by atoms with Crippen LogP contribution in [0.4, 0.5) is 5.82 Å². The summed E-state index contributed by atoms with van der Waals surface area (Å²) in [5.74, 6) is 1.05. The molecule has 0 aliphatic heterocycles. The van der Waals surface area contributed by atoms with Crippen LogP contribution >= 0.6 is 0 Å². The van der Waals surface area contributed by atoms with Gasteiger partial charge in [0.1, 0.15) is 23.2 Å². The number of benzene rings is 1. The largest absolute Gasteiger partial charge is 0.493 e. The summed E-state index contributed by atoms with van der Waals surface area (Å²) in [5, 5.41) is 9.55. The number of rotatable bonds is 5. The van der Waals surface area contributed by atoms with Crippen LogP contribution in [0.15, 0.2) is 24.3 Å². The van der Waals surface area contributed by atoms with Crippen molar-refractivity contribution in [2.75, 3.05) is 12.3 Å². The van der Waals surface area contributed by atoms with Gasteiger partial charge in [0.05, 0.1) is 6.61 Å². The van der Waals surface area contributed by atoms with Gasteiger partial charge in [-0.1, -0.05) is 31.5 Å². The Labute approximate surface area is 131 Å². The van der Waals surface area contributed by atoms with Gasteiger partial charge in [-0.05, 0) is 31.9 Å². The van der Waals surface area contributed by atoms with E-state index in [0.29, 0.717) is 12.2 Å². The molecule has 22 heavy (non-hydrogen) atoms. The van der Waals surface area contributed by atoms with Crippen molar-refractivity contribution >= 4 is 5.82 Å². The second-order valence-corrected chi connectivity index (χ2v) is 5.10. The number of hydrogen-bond donors (Lipinski definition) is 1. The Bertz CT molecular complexity index is 717. The molecule has 0 atom stereocenters. The first-order valence-electron chi connectivity index (χ1n) is 7.55. The molecule has 4 heteroatoms. The zero-order valence-corrected chi connectivity index (χ0v) is 13.3. The number of nitriles is 1. The van der Waals surface area contributed by atoms with Crippen LogP contribution in [-0.2, 0) is 6.42 Å². The van der Waals surface area contributed by atoms with Crippen molar-refractivity contribution in [2.24, 2.45) is 0 Å². The van der Waals surface area contributed by atoms with Gasteiger partial charge in [0.15, 0.2) is 0 Å². The summed E-state index contributed by atoms with van der Waals surface area (Å²) in [6.07, 6.45) is 1.82. The lowest BCUT2D eigenvalue weighted by molar-refractivity contribution is 0.341. The van der Waals surface area contributed by atoms with Crippen molar-refractivity contribution in [1.82, 2.24) is 4.98 Å². The molecule has 4 nitrogen and oxygen atoms in total. The molecule has 2 rings (SSSR count). The summed E-state index contributed by atoms with van der Waals surface area (Å²) < 4.78 is 5.73. The number of aromatic nitrogens is 1. The molecular formula is C18H21N3O. The van der Waals surface area contributed by atoms with Crippen LogP contribution in [0, 0.1) is 18.3 Å². The first-order chi connectivity index (χ1) is 10.6. The smallest absolute Gasteiger partial charge is 0.142 e. The van der Waals surface area contributed by atoms with Gasteiger partial charge in [-0.3, -0.25) is 0 Å². The summed E-state index contributed by atoms with van der Waals surface area (Å²) in [7, 11) is 0. The van der Waals surface area contributed by atoms with Crippen LogP contribution in [-0.4, -0.2) is 11.6 Å². The van der Waals surface area contributed by atoms with Crippen LogP contribution in [0.5, 0.6) is 5.75 Å². The minimum Gasteiger partial charge on any atom is -0.493 e. The molecule has 1 heterocycles. The minimum atomic E-state index is 0.279. The quantitative estimate of drug-likeness (QED) is 0.909. The van der Waals surface area contributed by atoms with Gasteiger partial charge in [0.25, 0.3) is 0 Å². The molecule has 0 fully saturated rings. The second-order valence-electron chi connectivity index (χ2n) is 5.10. The highest BCUT2D eigenvalue weighted by molar-refractivity contribution is 5.82. The number of nitrogens with zero attached hydrogens (tertiary/aromatic N) is 2. The van der Waals surface area contributed by atoms with E-state index in [1.165, 1.54) is 0 Å². The van der Waals surface area contributed by atoms with E-state index >= 15 is 0 Å². The maximum atomic E-state index is 9.55. The van der Waals surface area contributed by atoms with E-state index in [9.17, 15) is 5.26 Å². The molecule has 0 aliphatic rings. The number of para-hydroxylation sites is 1. The third-order valence-corrected chi connectivity index (χ3v) is 3.60. The average molecular weight is 295 g/mol. The lowest BCUT2D eigenvalue weighted by atomic mass is 9.91. The van der Waals surface area contributed by atoms with Gasteiger partial charge in [0.2, 0.25) is 0 Å². The predicted molar refractivity (Wildman–Crippen MR) is 88.7 cm³/mol. The first-order valence-corrected chi connectivity index (χ1v) is 7.55. The SMILES string of the molecule is CCCc1c(C)nc(N)c(C#N)c1-c1ccccc1OCC. The van der Waals surface area contributed by atoms with Gasteiger partial charge in [-0.25, -0.2) is 4.98 Å². The maximum Gasteiger partial charge on any atom is 0.142 e. The summed E-state index contributed by atoms with van der Waals surface area (Å²) in [6.45, 7) is 6.57. The van der Waals surface area contributed by atoms with Crippen LogP contribution in [0.25, 0.3) is 11.1 Å². The van der Waals surface area contributed by atoms with E-state index in [-0.39, 0.29) is 5.82 Å². The number of anilines is 1. The Morgan fingerprint density at radius 1 is 1.27 bits per heavy atom. The number of pyridine rings is 1. The fourth-order valence-electron chi connectivity index (χ4n) is 2.68. The second kappa shape index (κ2) is 6.95. The van der Waals surface area contributed by atoms with Crippen molar-refractivity contribution in [3.8, 4) is 22.9 Å². The number of nitrogen functional groups attached to an aromatic ring is 1. The Morgan fingerprint density at radius 2 is 2.00 bits per heavy atom. The summed E-state index contributed by atoms with van der Waals surface area (Å²) in [4.78, 5) is 4.34. The summed E-state index contributed by atoms with van der Waals surface area (Å²) in [5.41, 5.74) is 10.1. The molecule has 0 unspecified atom stereocenters. The fourth-order valence-corrected chi connectivity index (χ4v) is 2.68. The Hall–Kier alpha value is -2.54. The average Bonchev–Trinajstić information content (AvgIpc) is 2.51. The number of ether oxygens (including phenoxy) is 1. The van der Waals surface area contributed by atoms with E-state index in [4.69, 9.17) is 10.5 Å². The third-order valence-electron chi connectivity index (χ3n) is 3.60. The standard InChI is InChI=1S/C18H21N3O/c1-4-8-13-12(3)21-18(20)15(11-19)17(13)14-9-6-7-10-16(14)22-5-2/h6-7,9-10H,4-5,8H2,1-3H3,(H2,20,21). The van der Waals surface area contributed by atoms with Gasteiger partial charge in [-0.2, -0.15) is 5.26 Å². The lowest BCUT2D eigenvalue weighted by Gasteiger charge is -2.18. The van der Waals surface area contributed by atoms with Crippen LogP contribution < -0.4 is 10.5 Å². The van der Waals surface area contributed by atoms with E-state index in [1.54, 1.807) is 0 Å². The molecule has 0 saturated carbocycles. The van der Waals surface area contributed by atoms with Crippen molar-refractivity contribution in [2.45, 2.75) is 33.6 Å². The van der Waals surface area contributed by atoms with Gasteiger partial charge in [0, 0.05) is 16.8 Å². The molecule has 1 aromatic carbocycles. The molecule has 0 aliphatic carbocycles. The summed E-state index contributed by atoms with van der Waals surface area (Å²) >= 11 is 0. The highest BCUT2D eigenvalue weighted by Crippen LogP contribution is 2.38. The molecule has 2 N–H and O–H groups in total. The highest BCUT2D eigenvalue weighted by atomic mass is 16.5. The van der Waals surface area contributed by atoms with Gasteiger partial charge < -0.3 is 10.5 Å². The topological polar surface area (TPSA) is 71.9 Å². The van der Waals surface area contributed by atoms with Gasteiger partial charge in [-0.15, -0.1) is 0 Å². The molecular weight excluding hydrogens is 274 g/mol. The fraction of sp³-hybridized carbons (Fsp3) is 0.333. The first kappa shape index (κ1) is 15.8. The zero-order chi connectivity index (χ0) is 16.1. The molecule has 114 valence electrons. The van der Waals surface area contributed by atoms with E-state index in [1.807, 2.05) is 38.1 Å². The van der Waals surface area contributed by atoms with E-state index in [2.05, 4.69) is 18.0 Å². The molecule has 0 bridgehead atoms. The Kier molecular flexibility index (Phi) is 5.00. The van der Waals surface area contributed by atoms with Crippen LogP contribution in [0.2, 0.25) is 0 Å². The van der Waals surface area contributed by atoms with Crippen LogP contribution in [0.3, 0.4) is 0 Å². The predicted octanol–water partition coefficient (Wildman–Crippen LogP) is 3.86. The summed E-state index contributed by atoms with van der Waals surface area (Å²) in [6, 6.07) is 9.98. The molecule has 0 spiro atoms.